The third-order valence-corrected chi connectivity index (χ3v) is 6.72. The van der Waals surface area contributed by atoms with E-state index in [4.69, 9.17) is 0 Å². The first-order valence-electron chi connectivity index (χ1n) is 8.60. The van der Waals surface area contributed by atoms with Crippen LogP contribution < -0.4 is 9.62 Å². The van der Waals surface area contributed by atoms with Crippen LogP contribution in [-0.4, -0.2) is 26.4 Å². The lowest BCUT2D eigenvalue weighted by molar-refractivity contribution is 0.0951. The van der Waals surface area contributed by atoms with Crippen molar-refractivity contribution >= 4 is 21.6 Å². The zero-order valence-corrected chi connectivity index (χ0v) is 15.1. The van der Waals surface area contributed by atoms with Crippen LogP contribution in [-0.2, 0) is 16.4 Å². The monoisotopic (exact) mass is 374 g/mol. The predicted octanol–water partition coefficient (Wildman–Crippen LogP) is 2.86. The van der Waals surface area contributed by atoms with E-state index in [1.165, 1.54) is 16.4 Å². The Balaban J connectivity index is 1.67. The van der Waals surface area contributed by atoms with Gasteiger partial charge < -0.3 is 5.32 Å². The van der Waals surface area contributed by atoms with E-state index in [2.05, 4.69) is 5.32 Å². The fourth-order valence-corrected chi connectivity index (χ4v) is 5.02. The molecule has 1 atom stereocenters. The lowest BCUT2D eigenvalue weighted by atomic mass is 10.1. The average Bonchev–Trinajstić information content (AvgIpc) is 3.33. The second-order valence-corrected chi connectivity index (χ2v) is 8.71. The quantitative estimate of drug-likeness (QED) is 0.895. The number of nitrogens with zero attached hydrogens (tertiary/aromatic N) is 1. The molecule has 26 heavy (non-hydrogen) atoms. The number of halogens is 1. The molecule has 136 valence electrons. The Labute approximate surface area is 151 Å². The van der Waals surface area contributed by atoms with Crippen molar-refractivity contribution in [3.8, 4) is 0 Å². The number of carbonyl (C=O) groups is 1. The van der Waals surface area contributed by atoms with Crippen molar-refractivity contribution in [1.29, 1.82) is 0 Å². The van der Waals surface area contributed by atoms with E-state index < -0.39 is 15.8 Å². The lowest BCUT2D eigenvalue weighted by Crippen LogP contribution is -2.35. The van der Waals surface area contributed by atoms with E-state index in [0.717, 1.165) is 30.5 Å². The van der Waals surface area contributed by atoms with Gasteiger partial charge in [0.2, 0.25) is 0 Å². The van der Waals surface area contributed by atoms with Crippen LogP contribution in [0.2, 0.25) is 0 Å². The minimum atomic E-state index is -3.79. The van der Waals surface area contributed by atoms with Crippen LogP contribution in [0.15, 0.2) is 47.4 Å². The molecule has 2 aliphatic rings. The number of benzene rings is 2. The second kappa shape index (κ2) is 6.09. The van der Waals surface area contributed by atoms with Gasteiger partial charge in [0.1, 0.15) is 5.82 Å². The fraction of sp³-hybridized carbons (Fsp3) is 0.316. The summed E-state index contributed by atoms with van der Waals surface area (Å²) < 4.78 is 40.5. The molecule has 0 aromatic heterocycles. The Kier molecular flexibility index (Phi) is 3.99. The number of sulfonamides is 1. The molecule has 0 saturated heterocycles. The Hall–Kier alpha value is -2.41. The maximum Gasteiger partial charge on any atom is 0.264 e. The van der Waals surface area contributed by atoms with Gasteiger partial charge >= 0.3 is 0 Å². The average molecular weight is 374 g/mol. The highest BCUT2D eigenvalue weighted by molar-refractivity contribution is 7.92. The zero-order chi connectivity index (χ0) is 18.5. The molecule has 1 heterocycles. The van der Waals surface area contributed by atoms with Gasteiger partial charge in [-0.05, 0) is 74.2 Å². The van der Waals surface area contributed by atoms with Gasteiger partial charge in [0.05, 0.1) is 10.6 Å². The number of carbonyl (C=O) groups excluding carboxylic acids is 1. The minimum absolute atomic E-state index is 0.0501. The number of rotatable bonds is 4. The van der Waals surface area contributed by atoms with Crippen molar-refractivity contribution < 1.29 is 17.6 Å². The van der Waals surface area contributed by atoms with Gasteiger partial charge in [-0.2, -0.15) is 0 Å². The number of amides is 1. The Morgan fingerprint density at radius 1 is 1.15 bits per heavy atom. The molecule has 2 aromatic carbocycles. The normalized spacial score (nSPS) is 19.3. The summed E-state index contributed by atoms with van der Waals surface area (Å²) in [5, 5.41) is 2.94. The van der Waals surface area contributed by atoms with Crippen LogP contribution in [0.3, 0.4) is 0 Å². The third kappa shape index (κ3) is 2.96. The van der Waals surface area contributed by atoms with E-state index in [1.54, 1.807) is 18.2 Å². The van der Waals surface area contributed by atoms with E-state index >= 15 is 0 Å². The van der Waals surface area contributed by atoms with E-state index in [0.29, 0.717) is 17.7 Å². The molecule has 5 nitrogen and oxygen atoms in total. The number of hydrogen-bond acceptors (Lipinski definition) is 3. The first-order chi connectivity index (χ1) is 12.4. The van der Waals surface area contributed by atoms with Crippen LogP contribution in [0.1, 0.15) is 35.7 Å². The molecule has 7 heteroatoms. The smallest absolute Gasteiger partial charge is 0.264 e. The van der Waals surface area contributed by atoms with Crippen LogP contribution >= 0.6 is 0 Å². The number of hydrogen-bond donors (Lipinski definition) is 1. The SMILES string of the molecule is C[C@@H]1Cc2cc(C(=O)NC3CC3)ccc2N1S(=O)(=O)c1ccc(F)cc1. The fourth-order valence-electron chi connectivity index (χ4n) is 3.33. The molecule has 0 bridgehead atoms. The van der Waals surface area contributed by atoms with Gasteiger partial charge in [-0.25, -0.2) is 12.8 Å². The van der Waals surface area contributed by atoms with Crippen LogP contribution in [0.25, 0.3) is 0 Å². The highest BCUT2D eigenvalue weighted by Gasteiger charge is 2.36. The van der Waals surface area contributed by atoms with Crippen LogP contribution in [0.4, 0.5) is 10.1 Å². The maximum atomic E-state index is 13.1. The van der Waals surface area contributed by atoms with Gasteiger partial charge in [0, 0.05) is 17.6 Å². The second-order valence-electron chi connectivity index (χ2n) is 6.90. The van der Waals surface area contributed by atoms with E-state index in [-0.39, 0.29) is 22.9 Å². The Morgan fingerprint density at radius 2 is 1.85 bits per heavy atom. The molecular formula is C19H19FN2O3S. The molecule has 4 rings (SSSR count). The molecule has 1 N–H and O–H groups in total. The Bertz CT molecular complexity index is 969. The van der Waals surface area contributed by atoms with Crippen LogP contribution in [0, 0.1) is 5.82 Å². The molecular weight excluding hydrogens is 355 g/mol. The molecule has 0 unspecified atom stereocenters. The van der Waals surface area contributed by atoms with Gasteiger partial charge in [-0.1, -0.05) is 0 Å². The van der Waals surface area contributed by atoms with E-state index in [1.807, 2.05) is 6.92 Å². The van der Waals surface area contributed by atoms with Crippen molar-refractivity contribution in [2.45, 2.75) is 43.2 Å². The number of fused-ring (bicyclic) bond motifs is 1. The van der Waals surface area contributed by atoms with E-state index in [9.17, 15) is 17.6 Å². The van der Waals surface area contributed by atoms with Crippen LogP contribution in [0.5, 0.6) is 0 Å². The summed E-state index contributed by atoms with van der Waals surface area (Å²) in [6.07, 6.45) is 2.55. The highest BCUT2D eigenvalue weighted by Crippen LogP contribution is 2.37. The molecule has 1 amide bonds. The van der Waals surface area contributed by atoms with Gasteiger partial charge in [-0.15, -0.1) is 0 Å². The van der Waals surface area contributed by atoms with Crippen molar-refractivity contribution in [3.05, 3.63) is 59.4 Å². The van der Waals surface area contributed by atoms with Gasteiger partial charge in [0.25, 0.3) is 15.9 Å². The molecule has 2 aromatic rings. The summed E-state index contributed by atoms with van der Waals surface area (Å²) in [5.41, 5.74) is 1.94. The van der Waals surface area contributed by atoms with Gasteiger partial charge in [-0.3, -0.25) is 9.10 Å². The maximum absolute atomic E-state index is 13.1. The topological polar surface area (TPSA) is 66.5 Å². The largest absolute Gasteiger partial charge is 0.349 e. The molecule has 0 spiro atoms. The van der Waals surface area contributed by atoms with Gasteiger partial charge in [0.15, 0.2) is 0 Å². The van der Waals surface area contributed by atoms with Crippen molar-refractivity contribution in [2.24, 2.45) is 0 Å². The molecule has 0 radical (unpaired) electrons. The summed E-state index contributed by atoms with van der Waals surface area (Å²) in [6, 6.07) is 9.92. The highest BCUT2D eigenvalue weighted by atomic mass is 32.2. The Morgan fingerprint density at radius 3 is 2.50 bits per heavy atom. The predicted molar refractivity (Wildman–Crippen MR) is 96.2 cm³/mol. The van der Waals surface area contributed by atoms with Crippen molar-refractivity contribution in [2.75, 3.05) is 4.31 Å². The zero-order valence-electron chi connectivity index (χ0n) is 14.3. The molecule has 1 saturated carbocycles. The number of nitrogens with one attached hydrogen (secondary N) is 1. The summed E-state index contributed by atoms with van der Waals surface area (Å²) in [7, 11) is -3.79. The summed E-state index contributed by atoms with van der Waals surface area (Å²) in [4.78, 5) is 12.3. The summed E-state index contributed by atoms with van der Waals surface area (Å²) in [6.45, 7) is 1.82. The summed E-state index contributed by atoms with van der Waals surface area (Å²) >= 11 is 0. The number of anilines is 1. The first-order valence-corrected chi connectivity index (χ1v) is 10.0. The standard InChI is InChI=1S/C19H19FN2O3S/c1-12-10-14-11-13(19(23)21-16-5-6-16)2-9-18(14)22(12)26(24,25)17-7-3-15(20)4-8-17/h2-4,7-9,11-12,16H,5-6,10H2,1H3,(H,21,23)/t12-/m1/s1. The molecule has 1 aliphatic carbocycles. The summed E-state index contributed by atoms with van der Waals surface area (Å²) in [5.74, 6) is -0.604. The minimum Gasteiger partial charge on any atom is -0.349 e. The first kappa shape index (κ1) is 17.0. The lowest BCUT2D eigenvalue weighted by Gasteiger charge is -2.24. The molecule has 1 aliphatic heterocycles. The third-order valence-electron chi connectivity index (χ3n) is 4.78. The molecule has 1 fully saturated rings. The van der Waals surface area contributed by atoms with Crippen molar-refractivity contribution in [1.82, 2.24) is 5.32 Å². The van der Waals surface area contributed by atoms with Crippen molar-refractivity contribution in [3.63, 3.8) is 0 Å².